The topological polar surface area (TPSA) is 64.1 Å². The van der Waals surface area contributed by atoms with Crippen LogP contribution < -0.4 is 5.32 Å². The maximum atomic E-state index is 12.0. The van der Waals surface area contributed by atoms with Crippen LogP contribution in [0.1, 0.15) is 28.7 Å². The molecule has 0 amide bonds. The van der Waals surface area contributed by atoms with E-state index in [9.17, 15) is 4.79 Å². The van der Waals surface area contributed by atoms with E-state index in [0.29, 0.717) is 19.0 Å². The predicted molar refractivity (Wildman–Crippen MR) is 98.9 cm³/mol. The number of anilines is 1. The molecule has 128 valence electrons. The van der Waals surface area contributed by atoms with Gasteiger partial charge in [-0.05, 0) is 38.0 Å². The van der Waals surface area contributed by atoms with Crippen molar-refractivity contribution in [2.75, 3.05) is 18.5 Å². The Hall–Kier alpha value is -2.95. The monoisotopic (exact) mass is 335 g/mol. The van der Waals surface area contributed by atoms with E-state index in [0.717, 1.165) is 17.3 Å². The number of aryl methyl sites for hydroxylation is 1. The van der Waals surface area contributed by atoms with Crippen molar-refractivity contribution in [1.82, 2.24) is 9.97 Å². The quantitative estimate of drug-likeness (QED) is 0.695. The van der Waals surface area contributed by atoms with Gasteiger partial charge in [0.2, 0.25) is 5.82 Å². The number of nitrogens with one attached hydrogen (secondary N) is 1. The third-order valence-electron chi connectivity index (χ3n) is 3.89. The zero-order chi connectivity index (χ0) is 17.6. The zero-order valence-corrected chi connectivity index (χ0v) is 14.5. The molecule has 1 aromatic heterocycles. The predicted octanol–water partition coefficient (Wildman–Crippen LogP) is 3.77. The summed E-state index contributed by atoms with van der Waals surface area (Å²) in [6, 6.07) is 16.1. The number of hydrogen-bond acceptors (Lipinski definition) is 5. The average molecular weight is 335 g/mol. The van der Waals surface area contributed by atoms with Crippen molar-refractivity contribution in [3.05, 3.63) is 65.5 Å². The van der Waals surface area contributed by atoms with Crippen molar-refractivity contribution in [2.45, 2.75) is 20.3 Å². The second-order valence-electron chi connectivity index (χ2n) is 5.80. The van der Waals surface area contributed by atoms with Crippen molar-refractivity contribution in [1.29, 1.82) is 0 Å². The Kier molecular flexibility index (Phi) is 5.23. The minimum absolute atomic E-state index is 0.0818. The number of para-hydroxylation sites is 1. The van der Waals surface area contributed by atoms with Gasteiger partial charge >= 0.3 is 5.97 Å². The highest BCUT2D eigenvalue weighted by atomic mass is 16.5. The minimum atomic E-state index is -0.505. The van der Waals surface area contributed by atoms with Gasteiger partial charge in [-0.2, -0.15) is 0 Å². The molecule has 3 rings (SSSR count). The molecule has 0 atom stereocenters. The maximum Gasteiger partial charge on any atom is 0.376 e. The highest BCUT2D eigenvalue weighted by Crippen LogP contribution is 2.20. The van der Waals surface area contributed by atoms with Gasteiger partial charge in [0.15, 0.2) is 0 Å². The number of aromatic nitrogens is 2. The molecule has 0 aliphatic rings. The molecule has 0 saturated heterocycles. The largest absolute Gasteiger partial charge is 0.460 e. The van der Waals surface area contributed by atoms with Gasteiger partial charge in [0.25, 0.3) is 0 Å². The third kappa shape index (κ3) is 4.12. The number of ether oxygens (including phenoxy) is 1. The Morgan fingerprint density at radius 3 is 2.60 bits per heavy atom. The van der Waals surface area contributed by atoms with E-state index in [1.165, 1.54) is 11.1 Å². The van der Waals surface area contributed by atoms with E-state index in [1.54, 1.807) is 6.92 Å². The first-order chi connectivity index (χ1) is 12.2. The summed E-state index contributed by atoms with van der Waals surface area (Å²) < 4.78 is 5.03. The molecule has 0 unspecified atom stereocenters. The van der Waals surface area contributed by atoms with Gasteiger partial charge < -0.3 is 10.1 Å². The molecular formula is C20H21N3O2. The molecule has 0 bridgehead atoms. The normalized spacial score (nSPS) is 10.6. The number of rotatable bonds is 6. The third-order valence-corrected chi connectivity index (χ3v) is 3.89. The first kappa shape index (κ1) is 16.9. The molecule has 1 heterocycles. The van der Waals surface area contributed by atoms with Crippen molar-refractivity contribution in [2.24, 2.45) is 0 Å². The standard InChI is InChI=1S/C20H21N3O2/c1-3-25-20(24)19-22-17-7-5-4-6-16(17)18(23-19)21-13-12-15-10-8-14(2)9-11-15/h4-11H,3,12-13H2,1-2H3,(H,21,22,23). The molecule has 0 fully saturated rings. The van der Waals surface area contributed by atoms with Crippen LogP contribution in [-0.4, -0.2) is 29.1 Å². The van der Waals surface area contributed by atoms with Crippen molar-refractivity contribution in [3.8, 4) is 0 Å². The summed E-state index contributed by atoms with van der Waals surface area (Å²) >= 11 is 0. The van der Waals surface area contributed by atoms with Gasteiger partial charge in [-0.1, -0.05) is 42.0 Å². The Morgan fingerprint density at radius 1 is 1.08 bits per heavy atom. The summed E-state index contributed by atoms with van der Waals surface area (Å²) in [6.45, 7) is 4.85. The van der Waals surface area contributed by atoms with Gasteiger partial charge in [0.05, 0.1) is 12.1 Å². The summed E-state index contributed by atoms with van der Waals surface area (Å²) in [5, 5.41) is 4.22. The van der Waals surface area contributed by atoms with Crippen LogP contribution >= 0.6 is 0 Å². The average Bonchev–Trinajstić information content (AvgIpc) is 2.63. The van der Waals surface area contributed by atoms with Crippen LogP contribution in [0, 0.1) is 6.92 Å². The lowest BCUT2D eigenvalue weighted by Crippen LogP contribution is -2.13. The van der Waals surface area contributed by atoms with Crippen LogP contribution in [0.3, 0.4) is 0 Å². The number of carbonyl (C=O) groups is 1. The van der Waals surface area contributed by atoms with E-state index in [4.69, 9.17) is 4.74 Å². The molecule has 0 radical (unpaired) electrons. The fourth-order valence-corrected chi connectivity index (χ4v) is 2.58. The Bertz CT molecular complexity index is 876. The van der Waals surface area contributed by atoms with Crippen molar-refractivity contribution in [3.63, 3.8) is 0 Å². The first-order valence-corrected chi connectivity index (χ1v) is 8.40. The lowest BCUT2D eigenvalue weighted by Gasteiger charge is -2.10. The van der Waals surface area contributed by atoms with Gasteiger partial charge in [-0.3, -0.25) is 0 Å². The van der Waals surface area contributed by atoms with Crippen molar-refractivity contribution < 1.29 is 9.53 Å². The van der Waals surface area contributed by atoms with Gasteiger partial charge in [0.1, 0.15) is 5.82 Å². The molecule has 3 aromatic rings. The second kappa shape index (κ2) is 7.75. The van der Waals surface area contributed by atoms with Crippen LogP contribution in [0.4, 0.5) is 5.82 Å². The van der Waals surface area contributed by atoms with E-state index in [1.807, 2.05) is 24.3 Å². The zero-order valence-electron chi connectivity index (χ0n) is 14.5. The fraction of sp³-hybridized carbons (Fsp3) is 0.250. The highest BCUT2D eigenvalue weighted by molar-refractivity contribution is 5.94. The molecule has 2 aromatic carbocycles. The lowest BCUT2D eigenvalue weighted by atomic mass is 10.1. The summed E-state index contributed by atoms with van der Waals surface area (Å²) in [4.78, 5) is 20.7. The van der Waals surface area contributed by atoms with E-state index >= 15 is 0 Å². The van der Waals surface area contributed by atoms with Gasteiger partial charge in [0, 0.05) is 11.9 Å². The summed E-state index contributed by atoms with van der Waals surface area (Å²) in [7, 11) is 0. The Balaban J connectivity index is 1.81. The fourth-order valence-electron chi connectivity index (χ4n) is 2.58. The number of nitrogens with zero attached hydrogens (tertiary/aromatic N) is 2. The molecule has 5 nitrogen and oxygen atoms in total. The summed E-state index contributed by atoms with van der Waals surface area (Å²) in [5.41, 5.74) is 3.22. The molecular weight excluding hydrogens is 314 g/mol. The van der Waals surface area contributed by atoms with E-state index in [2.05, 4.69) is 46.5 Å². The summed E-state index contributed by atoms with van der Waals surface area (Å²) in [5.74, 6) is 0.231. The Morgan fingerprint density at radius 2 is 1.84 bits per heavy atom. The van der Waals surface area contributed by atoms with Crippen LogP contribution in [0.25, 0.3) is 10.9 Å². The number of fused-ring (bicyclic) bond motifs is 1. The second-order valence-corrected chi connectivity index (χ2v) is 5.80. The number of benzene rings is 2. The van der Waals surface area contributed by atoms with Crippen molar-refractivity contribution >= 4 is 22.7 Å². The lowest BCUT2D eigenvalue weighted by molar-refractivity contribution is 0.0512. The first-order valence-electron chi connectivity index (χ1n) is 8.40. The molecule has 0 spiro atoms. The Labute approximate surface area is 147 Å². The molecule has 5 heteroatoms. The number of hydrogen-bond donors (Lipinski definition) is 1. The highest BCUT2D eigenvalue weighted by Gasteiger charge is 2.14. The van der Waals surface area contributed by atoms with Crippen LogP contribution in [0.15, 0.2) is 48.5 Å². The van der Waals surface area contributed by atoms with Gasteiger partial charge in [-0.15, -0.1) is 0 Å². The molecule has 0 saturated carbocycles. The minimum Gasteiger partial charge on any atom is -0.460 e. The van der Waals surface area contributed by atoms with Crippen LogP contribution in [0.5, 0.6) is 0 Å². The summed E-state index contributed by atoms with van der Waals surface area (Å²) in [6.07, 6.45) is 0.868. The van der Waals surface area contributed by atoms with Crippen LogP contribution in [-0.2, 0) is 11.2 Å². The maximum absolute atomic E-state index is 12.0. The molecule has 0 aliphatic heterocycles. The van der Waals surface area contributed by atoms with E-state index < -0.39 is 5.97 Å². The van der Waals surface area contributed by atoms with Gasteiger partial charge in [-0.25, -0.2) is 14.8 Å². The molecule has 25 heavy (non-hydrogen) atoms. The SMILES string of the molecule is CCOC(=O)c1nc(NCCc2ccc(C)cc2)c2ccccc2n1. The molecule has 1 N–H and O–H groups in total. The molecule has 0 aliphatic carbocycles. The number of carbonyl (C=O) groups excluding carboxylic acids is 1. The van der Waals surface area contributed by atoms with Crippen LogP contribution in [0.2, 0.25) is 0 Å². The number of esters is 1. The van der Waals surface area contributed by atoms with E-state index in [-0.39, 0.29) is 5.82 Å². The smallest absolute Gasteiger partial charge is 0.376 e.